The predicted octanol–water partition coefficient (Wildman–Crippen LogP) is -0.968. The van der Waals surface area contributed by atoms with Crippen LogP contribution in [0.25, 0.3) is 0 Å². The van der Waals surface area contributed by atoms with Crippen molar-refractivity contribution in [1.82, 2.24) is 9.66 Å². The Morgan fingerprint density at radius 2 is 2.80 bits per heavy atom. The van der Waals surface area contributed by atoms with Crippen molar-refractivity contribution in [3.63, 3.8) is 0 Å². The highest BCUT2D eigenvalue weighted by Crippen LogP contribution is 1.97. The van der Waals surface area contributed by atoms with E-state index in [1.54, 1.807) is 0 Å². The minimum Gasteiger partial charge on any atom is -0.267 e. The maximum Gasteiger partial charge on any atom is 0.282 e. The number of fused-ring (bicyclic) bond motifs is 1. The molecule has 1 aromatic heterocycles. The highest BCUT2D eigenvalue weighted by Gasteiger charge is 2.10. The Labute approximate surface area is 56.2 Å². The topological polar surface area (TPSA) is 56.2 Å². The first-order valence-corrected chi connectivity index (χ1v) is 2.74. The molecule has 51 valence electrons. The van der Waals surface area contributed by atoms with Crippen LogP contribution < -0.4 is 11.1 Å². The highest BCUT2D eigenvalue weighted by atomic mass is 16.7. The van der Waals surface area contributed by atoms with Gasteiger partial charge in [0.15, 0.2) is 5.82 Å². The SMILES string of the molecule is O=c1[c]cnc2n1NOC2. The van der Waals surface area contributed by atoms with Crippen LogP contribution in [0.1, 0.15) is 5.82 Å². The Hall–Kier alpha value is -1.36. The van der Waals surface area contributed by atoms with Gasteiger partial charge in [-0.2, -0.15) is 10.3 Å². The summed E-state index contributed by atoms with van der Waals surface area (Å²) < 4.78 is 1.21. The largest absolute Gasteiger partial charge is 0.282 e. The maximum atomic E-state index is 10.8. The number of hydrogen-bond acceptors (Lipinski definition) is 4. The van der Waals surface area contributed by atoms with E-state index in [9.17, 15) is 4.79 Å². The van der Waals surface area contributed by atoms with Crippen LogP contribution in [0.4, 0.5) is 0 Å². The molecule has 1 N–H and O–H groups in total. The Balaban J connectivity index is 2.70. The van der Waals surface area contributed by atoms with Crippen LogP contribution >= 0.6 is 0 Å². The lowest BCUT2D eigenvalue weighted by Gasteiger charge is -1.95. The molecule has 0 amide bonds. The van der Waals surface area contributed by atoms with Gasteiger partial charge in [-0.1, -0.05) is 0 Å². The molecular weight excluding hydrogens is 134 g/mol. The molecule has 0 spiro atoms. The Bertz CT molecular complexity index is 306. The van der Waals surface area contributed by atoms with E-state index in [1.807, 2.05) is 0 Å². The standard InChI is InChI=1S/C5H4N3O2/c9-5-1-2-6-4-3-10-7-8(4)5/h2,7H,3H2. The summed E-state index contributed by atoms with van der Waals surface area (Å²) in [6.45, 7) is 0.323. The van der Waals surface area contributed by atoms with Crippen molar-refractivity contribution >= 4 is 0 Å². The van der Waals surface area contributed by atoms with E-state index in [0.29, 0.717) is 12.4 Å². The zero-order valence-electron chi connectivity index (χ0n) is 5.00. The van der Waals surface area contributed by atoms with Crippen LogP contribution in [-0.4, -0.2) is 9.66 Å². The van der Waals surface area contributed by atoms with Crippen molar-refractivity contribution < 1.29 is 4.84 Å². The molecular formula is C5H4N3O2. The summed E-state index contributed by atoms with van der Waals surface area (Å²) in [5.74, 6) is 0.573. The van der Waals surface area contributed by atoms with Crippen LogP contribution in [0.5, 0.6) is 0 Å². The molecule has 2 heterocycles. The highest BCUT2D eigenvalue weighted by molar-refractivity contribution is 4.95. The third-order valence-corrected chi connectivity index (χ3v) is 1.22. The molecule has 0 bridgehead atoms. The van der Waals surface area contributed by atoms with Gasteiger partial charge in [0.05, 0.1) is 6.07 Å². The smallest absolute Gasteiger partial charge is 0.267 e. The molecule has 5 heteroatoms. The second kappa shape index (κ2) is 1.81. The van der Waals surface area contributed by atoms with Gasteiger partial charge in [0.25, 0.3) is 5.56 Å². The van der Waals surface area contributed by atoms with E-state index in [-0.39, 0.29) is 5.56 Å². The first-order valence-electron chi connectivity index (χ1n) is 2.74. The monoisotopic (exact) mass is 138 g/mol. The number of rotatable bonds is 0. The average Bonchev–Trinajstić information content (AvgIpc) is 2.36. The lowest BCUT2D eigenvalue weighted by molar-refractivity contribution is 0.182. The molecule has 2 rings (SSSR count). The Kier molecular flexibility index (Phi) is 0.983. The molecule has 5 nitrogen and oxygen atoms in total. The molecule has 0 aromatic carbocycles. The van der Waals surface area contributed by atoms with E-state index in [0.717, 1.165) is 0 Å². The molecule has 0 atom stereocenters. The first-order chi connectivity index (χ1) is 4.88. The average molecular weight is 138 g/mol. The van der Waals surface area contributed by atoms with Gasteiger partial charge in [-0.25, -0.2) is 4.98 Å². The molecule has 1 aliphatic heterocycles. The summed E-state index contributed by atoms with van der Waals surface area (Å²) in [4.78, 5) is 19.4. The van der Waals surface area contributed by atoms with E-state index >= 15 is 0 Å². The molecule has 0 aliphatic carbocycles. The molecule has 0 fully saturated rings. The Morgan fingerprint density at radius 1 is 1.90 bits per heavy atom. The minimum absolute atomic E-state index is 0.275. The fourth-order valence-electron chi connectivity index (χ4n) is 0.759. The number of hydrogen-bond donors (Lipinski definition) is 1. The van der Waals surface area contributed by atoms with E-state index in [1.165, 1.54) is 10.9 Å². The first kappa shape index (κ1) is 5.43. The normalized spacial score (nSPS) is 14.4. The summed E-state index contributed by atoms with van der Waals surface area (Å²) in [7, 11) is 0. The zero-order valence-corrected chi connectivity index (χ0v) is 5.00. The number of aromatic nitrogens is 2. The quantitative estimate of drug-likeness (QED) is 0.501. The summed E-state index contributed by atoms with van der Waals surface area (Å²) in [5.41, 5.74) is 2.10. The van der Waals surface area contributed by atoms with E-state index in [4.69, 9.17) is 4.84 Å². The van der Waals surface area contributed by atoms with Gasteiger partial charge in [0, 0.05) is 6.20 Å². The van der Waals surface area contributed by atoms with Crippen LogP contribution in [0.2, 0.25) is 0 Å². The van der Waals surface area contributed by atoms with Crippen molar-refractivity contribution in [2.24, 2.45) is 0 Å². The van der Waals surface area contributed by atoms with Gasteiger partial charge in [-0.15, -0.1) is 0 Å². The number of nitrogens with one attached hydrogen (secondary N) is 1. The fraction of sp³-hybridized carbons (Fsp3) is 0.200. The van der Waals surface area contributed by atoms with Crippen LogP contribution in [0, 0.1) is 6.07 Å². The summed E-state index contributed by atoms with van der Waals surface area (Å²) >= 11 is 0. The molecule has 0 saturated heterocycles. The van der Waals surface area contributed by atoms with Gasteiger partial charge in [-0.05, 0) is 0 Å². The maximum absolute atomic E-state index is 10.8. The van der Waals surface area contributed by atoms with Crippen molar-refractivity contribution in [2.75, 3.05) is 5.59 Å². The second-order valence-corrected chi connectivity index (χ2v) is 1.84. The predicted molar refractivity (Wildman–Crippen MR) is 31.5 cm³/mol. The van der Waals surface area contributed by atoms with Gasteiger partial charge in [-0.3, -0.25) is 9.63 Å². The lowest BCUT2D eigenvalue weighted by Crippen LogP contribution is -2.25. The van der Waals surface area contributed by atoms with Crippen molar-refractivity contribution in [1.29, 1.82) is 0 Å². The van der Waals surface area contributed by atoms with Crippen LogP contribution in [-0.2, 0) is 11.4 Å². The molecule has 1 radical (unpaired) electrons. The summed E-state index contributed by atoms with van der Waals surface area (Å²) in [6, 6.07) is 2.39. The molecule has 10 heavy (non-hydrogen) atoms. The van der Waals surface area contributed by atoms with Crippen LogP contribution in [0.3, 0.4) is 0 Å². The van der Waals surface area contributed by atoms with Crippen molar-refractivity contribution in [2.45, 2.75) is 6.61 Å². The van der Waals surface area contributed by atoms with Gasteiger partial charge in [0.1, 0.15) is 6.61 Å². The summed E-state index contributed by atoms with van der Waals surface area (Å²) in [5, 5.41) is 0. The van der Waals surface area contributed by atoms with Crippen molar-refractivity contribution in [3.8, 4) is 0 Å². The molecule has 1 aromatic rings. The minimum atomic E-state index is -0.275. The molecule has 0 unspecified atom stereocenters. The Morgan fingerprint density at radius 3 is 3.60 bits per heavy atom. The summed E-state index contributed by atoms with van der Waals surface area (Å²) in [6.07, 6.45) is 1.34. The zero-order chi connectivity index (χ0) is 6.97. The van der Waals surface area contributed by atoms with Gasteiger partial charge in [0.2, 0.25) is 0 Å². The van der Waals surface area contributed by atoms with Gasteiger partial charge >= 0.3 is 0 Å². The van der Waals surface area contributed by atoms with Crippen LogP contribution in [0.15, 0.2) is 11.0 Å². The third kappa shape index (κ3) is 0.608. The van der Waals surface area contributed by atoms with Gasteiger partial charge < -0.3 is 0 Å². The van der Waals surface area contributed by atoms with E-state index in [2.05, 4.69) is 16.6 Å². The van der Waals surface area contributed by atoms with Crippen molar-refractivity contribution in [3.05, 3.63) is 28.4 Å². The molecule has 1 aliphatic rings. The third-order valence-electron chi connectivity index (χ3n) is 1.22. The molecule has 0 saturated carbocycles. The lowest BCUT2D eigenvalue weighted by atomic mass is 10.6. The number of nitrogens with zero attached hydrogens (tertiary/aromatic N) is 2. The fourth-order valence-corrected chi connectivity index (χ4v) is 0.759. The second-order valence-electron chi connectivity index (χ2n) is 1.84. The van der Waals surface area contributed by atoms with E-state index < -0.39 is 0 Å².